The van der Waals surface area contributed by atoms with Gasteiger partial charge < -0.3 is 21.1 Å². The Kier molecular flexibility index (Phi) is 5.51. The second-order valence-corrected chi connectivity index (χ2v) is 6.06. The van der Waals surface area contributed by atoms with Crippen molar-refractivity contribution in [3.63, 3.8) is 0 Å². The summed E-state index contributed by atoms with van der Waals surface area (Å²) in [4.78, 5) is 23.7. The number of benzene rings is 1. The van der Waals surface area contributed by atoms with Crippen LogP contribution >= 0.6 is 0 Å². The first kappa shape index (κ1) is 16.5. The van der Waals surface area contributed by atoms with Crippen LogP contribution in [0.4, 0.5) is 11.4 Å². The lowest BCUT2D eigenvalue weighted by Gasteiger charge is -2.12. The molecule has 1 fully saturated rings. The van der Waals surface area contributed by atoms with E-state index in [9.17, 15) is 14.7 Å². The summed E-state index contributed by atoms with van der Waals surface area (Å²) in [5, 5.41) is 18.0. The Morgan fingerprint density at radius 3 is 2.32 bits per heavy atom. The number of aliphatic hydroxyl groups is 1. The largest absolute Gasteiger partial charge is 0.392 e. The van der Waals surface area contributed by atoms with E-state index in [0.29, 0.717) is 36.7 Å². The SMILES string of the molecule is CC(C)CC(=O)Nc1ccc(NC(=O)C2CC(O)CN2)cc1. The molecule has 1 aromatic rings. The van der Waals surface area contributed by atoms with Gasteiger partial charge in [-0.15, -0.1) is 0 Å². The topological polar surface area (TPSA) is 90.5 Å². The Balaban J connectivity index is 1.86. The first-order chi connectivity index (χ1) is 10.4. The maximum Gasteiger partial charge on any atom is 0.241 e. The van der Waals surface area contributed by atoms with Gasteiger partial charge in [-0.1, -0.05) is 13.8 Å². The number of nitrogens with one attached hydrogen (secondary N) is 3. The monoisotopic (exact) mass is 305 g/mol. The highest BCUT2D eigenvalue weighted by molar-refractivity contribution is 5.95. The van der Waals surface area contributed by atoms with Crippen molar-refractivity contribution < 1.29 is 14.7 Å². The van der Waals surface area contributed by atoms with E-state index in [2.05, 4.69) is 16.0 Å². The maximum absolute atomic E-state index is 12.0. The molecule has 1 saturated heterocycles. The van der Waals surface area contributed by atoms with Gasteiger partial charge >= 0.3 is 0 Å². The standard InChI is InChI=1S/C16H23N3O3/c1-10(2)7-15(21)18-11-3-5-12(6-4-11)19-16(22)14-8-13(20)9-17-14/h3-6,10,13-14,17,20H,7-9H2,1-2H3,(H,18,21)(H,19,22). The maximum atomic E-state index is 12.0. The average Bonchev–Trinajstić information content (AvgIpc) is 2.87. The third-order valence-electron chi connectivity index (χ3n) is 3.45. The summed E-state index contributed by atoms with van der Waals surface area (Å²) in [7, 11) is 0. The lowest BCUT2D eigenvalue weighted by molar-refractivity contribution is -0.118. The van der Waals surface area contributed by atoms with Gasteiger partial charge in [0.1, 0.15) is 0 Å². The zero-order valence-corrected chi connectivity index (χ0v) is 12.9. The smallest absolute Gasteiger partial charge is 0.241 e. The predicted molar refractivity (Wildman–Crippen MR) is 85.6 cm³/mol. The third kappa shape index (κ3) is 4.82. The molecule has 0 spiro atoms. The average molecular weight is 305 g/mol. The number of rotatable bonds is 5. The van der Waals surface area contributed by atoms with Crippen LogP contribution in [0.15, 0.2) is 24.3 Å². The number of hydrogen-bond acceptors (Lipinski definition) is 4. The van der Waals surface area contributed by atoms with Gasteiger partial charge in [-0.05, 0) is 36.6 Å². The minimum absolute atomic E-state index is 0.0177. The lowest BCUT2D eigenvalue weighted by atomic mass is 10.1. The number of anilines is 2. The van der Waals surface area contributed by atoms with Crippen molar-refractivity contribution >= 4 is 23.2 Å². The van der Waals surface area contributed by atoms with Gasteiger partial charge in [-0.25, -0.2) is 0 Å². The van der Waals surface area contributed by atoms with Crippen LogP contribution in [0.1, 0.15) is 26.7 Å². The minimum atomic E-state index is -0.464. The van der Waals surface area contributed by atoms with Gasteiger partial charge in [0.2, 0.25) is 11.8 Å². The van der Waals surface area contributed by atoms with Crippen molar-refractivity contribution in [1.29, 1.82) is 0 Å². The molecular formula is C16H23N3O3. The number of carbonyl (C=O) groups excluding carboxylic acids is 2. The van der Waals surface area contributed by atoms with Crippen LogP contribution in [0, 0.1) is 5.92 Å². The highest BCUT2D eigenvalue weighted by Crippen LogP contribution is 2.16. The van der Waals surface area contributed by atoms with E-state index in [1.54, 1.807) is 24.3 Å². The van der Waals surface area contributed by atoms with Crippen molar-refractivity contribution in [2.75, 3.05) is 17.2 Å². The highest BCUT2D eigenvalue weighted by atomic mass is 16.3. The summed E-state index contributed by atoms with van der Waals surface area (Å²) in [6, 6.07) is 6.64. The molecule has 2 amide bonds. The van der Waals surface area contributed by atoms with Gasteiger partial charge in [0, 0.05) is 24.3 Å². The van der Waals surface area contributed by atoms with Gasteiger partial charge in [-0.2, -0.15) is 0 Å². The van der Waals surface area contributed by atoms with E-state index >= 15 is 0 Å². The number of carbonyl (C=O) groups is 2. The number of amides is 2. The van der Waals surface area contributed by atoms with Crippen LogP contribution in [0.25, 0.3) is 0 Å². The summed E-state index contributed by atoms with van der Waals surface area (Å²) < 4.78 is 0. The highest BCUT2D eigenvalue weighted by Gasteiger charge is 2.27. The molecule has 2 atom stereocenters. The Morgan fingerprint density at radius 2 is 1.82 bits per heavy atom. The molecule has 0 saturated carbocycles. The molecule has 6 nitrogen and oxygen atoms in total. The number of β-amino-alcohol motifs (C(OH)–C–C–N with tert-alkyl or cyclic N) is 1. The molecule has 120 valence electrons. The van der Waals surface area contributed by atoms with Crippen molar-refractivity contribution in [2.24, 2.45) is 5.92 Å². The molecule has 6 heteroatoms. The van der Waals surface area contributed by atoms with Crippen LogP contribution < -0.4 is 16.0 Å². The molecule has 0 aliphatic carbocycles. The van der Waals surface area contributed by atoms with Crippen LogP contribution in [0.5, 0.6) is 0 Å². The molecule has 4 N–H and O–H groups in total. The Labute approximate surface area is 130 Å². The predicted octanol–water partition coefficient (Wildman–Crippen LogP) is 1.33. The lowest BCUT2D eigenvalue weighted by Crippen LogP contribution is -2.35. The second kappa shape index (κ2) is 7.38. The van der Waals surface area contributed by atoms with Crippen LogP contribution in [0.3, 0.4) is 0 Å². The van der Waals surface area contributed by atoms with Crippen LogP contribution in [-0.4, -0.2) is 35.6 Å². The molecule has 1 aromatic carbocycles. The van der Waals surface area contributed by atoms with Crippen molar-refractivity contribution in [2.45, 2.75) is 38.8 Å². The van der Waals surface area contributed by atoms with Crippen LogP contribution in [0.2, 0.25) is 0 Å². The Morgan fingerprint density at radius 1 is 1.23 bits per heavy atom. The van der Waals surface area contributed by atoms with E-state index in [-0.39, 0.29) is 17.9 Å². The fourth-order valence-corrected chi connectivity index (χ4v) is 2.37. The summed E-state index contributed by atoms with van der Waals surface area (Å²) in [5.41, 5.74) is 1.37. The first-order valence-corrected chi connectivity index (χ1v) is 7.56. The molecular weight excluding hydrogens is 282 g/mol. The molecule has 1 aliphatic rings. The quantitative estimate of drug-likeness (QED) is 0.660. The molecule has 0 aromatic heterocycles. The summed E-state index contributed by atoms with van der Waals surface area (Å²) in [6.07, 6.45) is 0.442. The van der Waals surface area contributed by atoms with Gasteiger partial charge in [0.25, 0.3) is 0 Å². The van der Waals surface area contributed by atoms with E-state index in [4.69, 9.17) is 0 Å². The zero-order chi connectivity index (χ0) is 16.1. The van der Waals surface area contributed by atoms with E-state index in [1.165, 1.54) is 0 Å². The summed E-state index contributed by atoms with van der Waals surface area (Å²) >= 11 is 0. The van der Waals surface area contributed by atoms with Gasteiger partial charge in [-0.3, -0.25) is 9.59 Å². The van der Waals surface area contributed by atoms with E-state index in [0.717, 1.165) is 0 Å². The molecule has 1 heterocycles. The fraction of sp³-hybridized carbons (Fsp3) is 0.500. The van der Waals surface area contributed by atoms with Crippen LogP contribution in [-0.2, 0) is 9.59 Å². The minimum Gasteiger partial charge on any atom is -0.392 e. The molecule has 2 rings (SSSR count). The molecule has 1 aliphatic heterocycles. The van der Waals surface area contributed by atoms with Crippen molar-refractivity contribution in [3.05, 3.63) is 24.3 Å². The van der Waals surface area contributed by atoms with E-state index < -0.39 is 6.10 Å². The molecule has 2 unspecified atom stereocenters. The first-order valence-electron chi connectivity index (χ1n) is 7.56. The van der Waals surface area contributed by atoms with Gasteiger partial charge in [0.05, 0.1) is 12.1 Å². The van der Waals surface area contributed by atoms with Crippen molar-refractivity contribution in [3.8, 4) is 0 Å². The summed E-state index contributed by atoms with van der Waals surface area (Å²) in [5.74, 6) is 0.136. The van der Waals surface area contributed by atoms with E-state index in [1.807, 2.05) is 13.8 Å². The second-order valence-electron chi connectivity index (χ2n) is 6.06. The molecule has 0 radical (unpaired) electrons. The molecule has 0 bridgehead atoms. The Bertz CT molecular complexity index is 528. The molecule has 22 heavy (non-hydrogen) atoms. The zero-order valence-electron chi connectivity index (χ0n) is 12.9. The van der Waals surface area contributed by atoms with Crippen molar-refractivity contribution in [1.82, 2.24) is 5.32 Å². The summed E-state index contributed by atoms with van der Waals surface area (Å²) in [6.45, 7) is 4.43. The fourth-order valence-electron chi connectivity index (χ4n) is 2.37. The third-order valence-corrected chi connectivity index (χ3v) is 3.45. The number of hydrogen-bond donors (Lipinski definition) is 4. The normalized spacial score (nSPS) is 20.9. The van der Waals surface area contributed by atoms with Gasteiger partial charge in [0.15, 0.2) is 0 Å². The number of aliphatic hydroxyl groups excluding tert-OH is 1. The Hall–Kier alpha value is -1.92.